The standard InChI is InChI=1S/C56H42BN5O.Pt/c1-56(2,3)43-32-34-58-53(36-43)62-49-31-28-42(39-17-7-4-8-18-39)35-48(49)47-30-29-44(37-52(47)62)63-54-27-16-33-57(59-54)61-38-60(50-25-13-14-26-51(50)61)55-45(40-19-9-5-10-20-40)23-15-24-46(55)41-21-11-6-12-22-41;/h4-36H,1-3H3;/q-2;/i5D,6D,9D,10D,11D,12D,19D,20D,21D,22D;. The van der Waals surface area contributed by atoms with E-state index in [1.165, 1.54) is 0 Å². The minimum atomic E-state index is -0.765. The van der Waals surface area contributed by atoms with Crippen molar-refractivity contribution in [3.63, 3.8) is 0 Å². The van der Waals surface area contributed by atoms with Crippen molar-refractivity contribution in [3.05, 3.63) is 229 Å². The normalized spacial score (nSPS) is 14.8. The predicted molar refractivity (Wildman–Crippen MR) is 257 cm³/mol. The van der Waals surface area contributed by atoms with Crippen molar-refractivity contribution in [1.82, 2.24) is 14.0 Å². The van der Waals surface area contributed by atoms with Gasteiger partial charge in [-0.15, -0.1) is 17.5 Å². The minimum Gasteiger partial charge on any atom is -0.633 e. The van der Waals surface area contributed by atoms with E-state index in [0.29, 0.717) is 16.8 Å². The average Bonchev–Trinajstić information content (AvgIpc) is 3.94. The molecule has 4 heterocycles. The third-order valence-electron chi connectivity index (χ3n) is 11.2. The van der Waals surface area contributed by atoms with Gasteiger partial charge in [-0.1, -0.05) is 184 Å². The number of ether oxygens (including phenoxy) is 1. The van der Waals surface area contributed by atoms with Crippen molar-refractivity contribution in [2.45, 2.75) is 26.2 Å². The maximum atomic E-state index is 9.02. The summed E-state index contributed by atoms with van der Waals surface area (Å²) in [4.78, 5) is 4.87. The van der Waals surface area contributed by atoms with E-state index < -0.39 is 67.4 Å². The van der Waals surface area contributed by atoms with E-state index in [-0.39, 0.29) is 60.3 Å². The number of nitrogens with zero attached hydrogens (tertiary/aromatic N) is 5. The zero-order valence-electron chi connectivity index (χ0n) is 44.8. The van der Waals surface area contributed by atoms with Gasteiger partial charge in [-0.2, -0.15) is 6.07 Å². The smallest absolute Gasteiger partial charge is 0.285 e. The predicted octanol–water partition coefficient (Wildman–Crippen LogP) is 13.0. The van der Waals surface area contributed by atoms with Gasteiger partial charge in [0.1, 0.15) is 5.82 Å². The molecule has 0 unspecified atom stereocenters. The molecule has 0 atom stereocenters. The second-order valence-corrected chi connectivity index (χ2v) is 16.2. The first-order chi connectivity index (χ1) is 35.0. The third kappa shape index (κ3) is 7.46. The van der Waals surface area contributed by atoms with Gasteiger partial charge in [-0.3, -0.25) is 0 Å². The van der Waals surface area contributed by atoms with Gasteiger partial charge in [0, 0.05) is 49.9 Å². The van der Waals surface area contributed by atoms with E-state index in [0.717, 1.165) is 44.3 Å². The second kappa shape index (κ2) is 16.8. The molecular formula is C56H42BN5OPt-2. The molecule has 1 aliphatic heterocycles. The van der Waals surface area contributed by atoms with Gasteiger partial charge in [0.15, 0.2) is 0 Å². The van der Waals surface area contributed by atoms with Crippen LogP contribution in [0.5, 0.6) is 5.75 Å². The van der Waals surface area contributed by atoms with Gasteiger partial charge in [0.2, 0.25) is 6.33 Å². The van der Waals surface area contributed by atoms with E-state index >= 15 is 0 Å². The molecule has 0 amide bonds. The minimum absolute atomic E-state index is 0. The SMILES string of the molecule is [2H]c1c([2H])c([2H])c(-c2cccc(-c3c([2H])c([2H])c([2H])c([2H])c3[2H])c2-[n+]2[c-]n(B3C=CC=C(Oc4[c-]c5c(cc4)c4cc(-c6ccccc6)ccc4n5-c4cc(C(C)(C)C)ccn4)[N-]3)c3ccccc32)c([2H])c1[2H].[Pt]. The molecule has 0 spiro atoms. The van der Waals surface area contributed by atoms with E-state index in [2.05, 4.69) is 74.1 Å². The summed E-state index contributed by atoms with van der Waals surface area (Å²) in [6.45, 7) is 5.75. The van der Waals surface area contributed by atoms with Crippen LogP contribution in [0.2, 0.25) is 0 Å². The molecule has 10 aromatic rings. The molecule has 0 saturated heterocycles. The molecule has 8 heteroatoms. The number of rotatable bonds is 8. The maximum absolute atomic E-state index is 9.02. The molecule has 0 saturated carbocycles. The van der Waals surface area contributed by atoms with Crippen LogP contribution in [0.4, 0.5) is 0 Å². The third-order valence-corrected chi connectivity index (χ3v) is 11.2. The fourth-order valence-corrected chi connectivity index (χ4v) is 8.21. The van der Waals surface area contributed by atoms with Crippen LogP contribution in [-0.4, -0.2) is 21.0 Å². The Kier molecular flexibility index (Phi) is 8.09. The first kappa shape index (κ1) is 30.8. The zero-order valence-corrected chi connectivity index (χ0v) is 37.1. The summed E-state index contributed by atoms with van der Waals surface area (Å²) >= 11 is 0. The zero-order chi connectivity index (χ0) is 51.2. The van der Waals surface area contributed by atoms with Crippen LogP contribution in [0.1, 0.15) is 40.0 Å². The molecule has 312 valence electrons. The molecule has 1 aliphatic rings. The fourth-order valence-electron chi connectivity index (χ4n) is 8.21. The molecule has 0 radical (unpaired) electrons. The molecule has 0 N–H and O–H groups in total. The van der Waals surface area contributed by atoms with E-state index in [9.17, 15) is 0 Å². The van der Waals surface area contributed by atoms with Crippen molar-refractivity contribution in [3.8, 4) is 50.6 Å². The van der Waals surface area contributed by atoms with Gasteiger partial charge in [-0.05, 0) is 74.0 Å². The largest absolute Gasteiger partial charge is 0.633 e. The first-order valence-electron chi connectivity index (χ1n) is 25.5. The molecule has 0 aliphatic carbocycles. The Morgan fingerprint density at radius 1 is 0.703 bits per heavy atom. The Labute approximate surface area is 402 Å². The van der Waals surface area contributed by atoms with E-state index in [4.69, 9.17) is 28.7 Å². The maximum Gasteiger partial charge on any atom is 0.285 e. The summed E-state index contributed by atoms with van der Waals surface area (Å²) in [6.07, 6.45) is 8.82. The molecule has 0 bridgehead atoms. The van der Waals surface area contributed by atoms with Gasteiger partial charge >= 0.3 is 0 Å². The molecule has 3 aromatic heterocycles. The quantitative estimate of drug-likeness (QED) is 0.0865. The summed E-state index contributed by atoms with van der Waals surface area (Å²) in [7, 11) is 0. The molecule has 0 fully saturated rings. The Morgan fingerprint density at radius 2 is 1.42 bits per heavy atom. The Bertz CT molecular complexity index is 3860. The number of hydrogen-bond donors (Lipinski definition) is 0. The monoisotopic (exact) mass is 1020 g/mol. The molecule has 64 heavy (non-hydrogen) atoms. The first-order valence-corrected chi connectivity index (χ1v) is 20.5. The number of hydrogen-bond acceptors (Lipinski definition) is 2. The summed E-state index contributed by atoms with van der Waals surface area (Å²) in [5.41, 5.74) is 6.20. The number of fused-ring (bicyclic) bond motifs is 4. The summed E-state index contributed by atoms with van der Waals surface area (Å²) in [5.74, 6) is 3.26. The fraction of sp³-hybridized carbons (Fsp3) is 0.0714. The van der Waals surface area contributed by atoms with Crippen LogP contribution in [0, 0.1) is 12.4 Å². The van der Waals surface area contributed by atoms with Crippen LogP contribution in [-0.2, 0) is 26.5 Å². The van der Waals surface area contributed by atoms with Crippen molar-refractivity contribution in [2.75, 3.05) is 0 Å². The molecule has 11 rings (SSSR count). The number of benzene rings is 7. The summed E-state index contributed by atoms with van der Waals surface area (Å²) in [6, 6.07) is 35.0. The van der Waals surface area contributed by atoms with Crippen molar-refractivity contribution in [1.29, 1.82) is 0 Å². The molecular weight excluding hydrogens is 965 g/mol. The number of pyridine rings is 1. The van der Waals surface area contributed by atoms with Crippen LogP contribution in [0.25, 0.3) is 83.0 Å². The summed E-state index contributed by atoms with van der Waals surface area (Å²) in [5, 5.41) is 7.03. The van der Waals surface area contributed by atoms with Crippen LogP contribution in [0.15, 0.2) is 206 Å². The number of imidazole rings is 1. The molecule has 7 aromatic carbocycles. The second-order valence-electron chi connectivity index (χ2n) is 16.2. The number of allylic oxidation sites excluding steroid dienone is 2. The number of aromatic nitrogens is 4. The number of para-hydroxylation sites is 3. The molecule has 6 nitrogen and oxygen atoms in total. The van der Waals surface area contributed by atoms with Crippen LogP contribution in [0.3, 0.4) is 0 Å². The Balaban J connectivity index is 0.00000626. The topological polar surface area (TPSA) is 50.0 Å². The van der Waals surface area contributed by atoms with Crippen molar-refractivity contribution < 1.29 is 44.1 Å². The van der Waals surface area contributed by atoms with Gasteiger partial charge < -0.3 is 23.6 Å². The van der Waals surface area contributed by atoms with E-state index in [1.807, 2.05) is 72.8 Å². The Morgan fingerprint density at radius 3 is 2.16 bits per heavy atom. The van der Waals surface area contributed by atoms with Crippen molar-refractivity contribution in [2.24, 2.45) is 0 Å². The van der Waals surface area contributed by atoms with Gasteiger partial charge in [-0.25, -0.2) is 4.98 Å². The van der Waals surface area contributed by atoms with Crippen LogP contribution >= 0.6 is 0 Å². The Hall–Kier alpha value is -7.21. The van der Waals surface area contributed by atoms with Crippen LogP contribution < -0.4 is 9.30 Å². The van der Waals surface area contributed by atoms with Crippen molar-refractivity contribution >= 4 is 39.8 Å². The van der Waals surface area contributed by atoms with Gasteiger partial charge in [0.25, 0.3) is 6.98 Å². The average molecular weight is 1020 g/mol. The van der Waals surface area contributed by atoms with Gasteiger partial charge in [0.05, 0.1) is 24.9 Å². The summed E-state index contributed by atoms with van der Waals surface area (Å²) < 4.78 is 99.1. The van der Waals surface area contributed by atoms with E-state index in [1.54, 1.807) is 39.4 Å².